The maximum atomic E-state index is 12.0. The Bertz CT molecular complexity index is 585. The topological polar surface area (TPSA) is 91.3 Å². The van der Waals surface area contributed by atoms with Crippen molar-refractivity contribution in [2.24, 2.45) is 0 Å². The van der Waals surface area contributed by atoms with Gasteiger partial charge in [-0.3, -0.25) is 14.6 Å². The number of aliphatic hydroxyl groups is 1. The minimum absolute atomic E-state index is 0.0483. The fourth-order valence-electron chi connectivity index (χ4n) is 1.74. The predicted molar refractivity (Wildman–Crippen MR) is 76.3 cm³/mol. The van der Waals surface area contributed by atoms with Gasteiger partial charge in [0.15, 0.2) is 0 Å². The molecular weight excluding hydrogens is 270 g/mol. The molecule has 1 aromatic heterocycles. The van der Waals surface area contributed by atoms with E-state index in [1.165, 1.54) is 12.4 Å². The second-order valence-electron chi connectivity index (χ2n) is 4.73. The van der Waals surface area contributed by atoms with Gasteiger partial charge in [0.1, 0.15) is 6.61 Å². The summed E-state index contributed by atoms with van der Waals surface area (Å²) in [7, 11) is 0. The number of nitrogens with one attached hydrogen (secondary N) is 2. The zero-order chi connectivity index (χ0) is 15.1. The standard InChI is InChI=1S/C15H17N3O3/c19-9-1-2-11-10-16-7-5-13(11)15(21)17-8-6-14(20)18-12-3-4-12/h5,7,10,12,19H,3-4,6,8-9H2,(H,17,21)(H,18,20). The van der Waals surface area contributed by atoms with E-state index in [4.69, 9.17) is 5.11 Å². The fourth-order valence-corrected chi connectivity index (χ4v) is 1.74. The summed E-state index contributed by atoms with van der Waals surface area (Å²) in [6, 6.07) is 1.88. The second-order valence-corrected chi connectivity index (χ2v) is 4.73. The molecule has 1 aromatic rings. The summed E-state index contributed by atoms with van der Waals surface area (Å²) in [5, 5.41) is 14.2. The number of carbonyl (C=O) groups is 2. The van der Waals surface area contributed by atoms with Gasteiger partial charge in [-0.25, -0.2) is 0 Å². The average molecular weight is 287 g/mol. The van der Waals surface area contributed by atoms with Crippen LogP contribution in [0.1, 0.15) is 35.2 Å². The molecule has 0 unspecified atom stereocenters. The van der Waals surface area contributed by atoms with Crippen LogP contribution in [0.3, 0.4) is 0 Å². The van der Waals surface area contributed by atoms with Crippen molar-refractivity contribution in [2.75, 3.05) is 13.2 Å². The van der Waals surface area contributed by atoms with Crippen LogP contribution in [-0.2, 0) is 4.79 Å². The lowest BCUT2D eigenvalue weighted by Crippen LogP contribution is -2.32. The van der Waals surface area contributed by atoms with Crippen LogP contribution in [0.25, 0.3) is 0 Å². The number of carbonyl (C=O) groups excluding carboxylic acids is 2. The highest BCUT2D eigenvalue weighted by atomic mass is 16.2. The molecule has 110 valence electrons. The normalized spacial score (nSPS) is 13.0. The fraction of sp³-hybridized carbons (Fsp3) is 0.400. The van der Waals surface area contributed by atoms with E-state index in [9.17, 15) is 9.59 Å². The van der Waals surface area contributed by atoms with Gasteiger partial charge in [-0.2, -0.15) is 0 Å². The molecule has 6 nitrogen and oxygen atoms in total. The number of amides is 2. The van der Waals surface area contributed by atoms with E-state index in [0.717, 1.165) is 12.8 Å². The van der Waals surface area contributed by atoms with Gasteiger partial charge in [-0.15, -0.1) is 0 Å². The Kier molecular flexibility index (Phi) is 5.29. The quantitative estimate of drug-likeness (QED) is 0.655. The zero-order valence-corrected chi connectivity index (χ0v) is 11.6. The summed E-state index contributed by atoms with van der Waals surface area (Å²) < 4.78 is 0. The van der Waals surface area contributed by atoms with Crippen LogP contribution in [0.15, 0.2) is 18.5 Å². The van der Waals surface area contributed by atoms with E-state index in [1.807, 2.05) is 0 Å². The molecule has 6 heteroatoms. The zero-order valence-electron chi connectivity index (χ0n) is 11.6. The molecule has 0 aromatic carbocycles. The molecule has 0 aliphatic heterocycles. The summed E-state index contributed by atoms with van der Waals surface area (Å²) in [6.07, 6.45) is 5.31. The van der Waals surface area contributed by atoms with E-state index < -0.39 is 0 Å². The first-order valence-corrected chi connectivity index (χ1v) is 6.82. The number of aliphatic hydroxyl groups excluding tert-OH is 1. The van der Waals surface area contributed by atoms with Gasteiger partial charge < -0.3 is 15.7 Å². The minimum atomic E-state index is -0.307. The van der Waals surface area contributed by atoms with Gasteiger partial charge in [0.25, 0.3) is 5.91 Å². The molecule has 0 spiro atoms. The Morgan fingerprint density at radius 3 is 2.95 bits per heavy atom. The summed E-state index contributed by atoms with van der Waals surface area (Å²) in [4.78, 5) is 27.4. The van der Waals surface area contributed by atoms with Crippen molar-refractivity contribution in [1.82, 2.24) is 15.6 Å². The SMILES string of the molecule is O=C(CCNC(=O)c1ccncc1C#CCO)NC1CC1. The number of hydrogen-bond acceptors (Lipinski definition) is 4. The Hall–Kier alpha value is -2.39. The Balaban J connectivity index is 1.86. The molecular formula is C15H17N3O3. The first kappa shape index (κ1) is 15.0. The largest absolute Gasteiger partial charge is 0.384 e. The molecule has 2 amide bonds. The molecule has 1 aliphatic rings. The molecule has 1 heterocycles. The van der Waals surface area contributed by atoms with Crippen LogP contribution in [0, 0.1) is 11.8 Å². The van der Waals surface area contributed by atoms with E-state index in [1.54, 1.807) is 6.07 Å². The maximum Gasteiger partial charge on any atom is 0.252 e. The highest BCUT2D eigenvalue weighted by molar-refractivity contribution is 5.96. The van der Waals surface area contributed by atoms with Crippen LogP contribution in [0.2, 0.25) is 0 Å². The van der Waals surface area contributed by atoms with Crippen LogP contribution in [-0.4, -0.2) is 41.1 Å². The van der Waals surface area contributed by atoms with Gasteiger partial charge in [0.2, 0.25) is 5.91 Å². The van der Waals surface area contributed by atoms with E-state index in [-0.39, 0.29) is 31.4 Å². The van der Waals surface area contributed by atoms with Gasteiger partial charge >= 0.3 is 0 Å². The molecule has 21 heavy (non-hydrogen) atoms. The van der Waals surface area contributed by atoms with Gasteiger partial charge in [0.05, 0.1) is 11.1 Å². The molecule has 1 aliphatic carbocycles. The number of pyridine rings is 1. The van der Waals surface area contributed by atoms with Gasteiger partial charge in [-0.05, 0) is 18.9 Å². The Morgan fingerprint density at radius 1 is 1.43 bits per heavy atom. The van der Waals surface area contributed by atoms with Crippen molar-refractivity contribution < 1.29 is 14.7 Å². The van der Waals surface area contributed by atoms with Gasteiger partial charge in [0, 0.05) is 31.4 Å². The Morgan fingerprint density at radius 2 is 2.24 bits per heavy atom. The molecule has 3 N–H and O–H groups in total. The summed E-state index contributed by atoms with van der Waals surface area (Å²) in [5.74, 6) is 4.80. The summed E-state index contributed by atoms with van der Waals surface area (Å²) >= 11 is 0. The predicted octanol–water partition coefficient (Wildman–Crippen LogP) is -0.176. The smallest absolute Gasteiger partial charge is 0.252 e. The minimum Gasteiger partial charge on any atom is -0.384 e. The van der Waals surface area contributed by atoms with Crippen LogP contribution >= 0.6 is 0 Å². The summed E-state index contributed by atoms with van der Waals surface area (Å²) in [5.41, 5.74) is 0.833. The first-order valence-electron chi connectivity index (χ1n) is 6.82. The van der Waals surface area contributed by atoms with Crippen LogP contribution < -0.4 is 10.6 Å². The van der Waals surface area contributed by atoms with Crippen molar-refractivity contribution in [3.63, 3.8) is 0 Å². The molecule has 1 fully saturated rings. The molecule has 0 atom stereocenters. The number of hydrogen-bond donors (Lipinski definition) is 3. The molecule has 0 saturated heterocycles. The lowest BCUT2D eigenvalue weighted by molar-refractivity contribution is -0.121. The van der Waals surface area contributed by atoms with Crippen LogP contribution in [0.5, 0.6) is 0 Å². The van der Waals surface area contributed by atoms with Crippen molar-refractivity contribution >= 4 is 11.8 Å². The molecule has 0 bridgehead atoms. The lowest BCUT2D eigenvalue weighted by Gasteiger charge is -2.07. The molecule has 1 saturated carbocycles. The molecule has 0 radical (unpaired) electrons. The maximum absolute atomic E-state index is 12.0. The third-order valence-electron chi connectivity index (χ3n) is 2.95. The van der Waals surface area contributed by atoms with Crippen molar-refractivity contribution in [2.45, 2.75) is 25.3 Å². The monoisotopic (exact) mass is 287 g/mol. The summed E-state index contributed by atoms with van der Waals surface area (Å²) in [6.45, 7) is -0.0101. The van der Waals surface area contributed by atoms with Crippen molar-refractivity contribution in [3.05, 3.63) is 29.6 Å². The van der Waals surface area contributed by atoms with Crippen molar-refractivity contribution in [3.8, 4) is 11.8 Å². The average Bonchev–Trinajstić information content (AvgIpc) is 3.29. The van der Waals surface area contributed by atoms with Gasteiger partial charge in [-0.1, -0.05) is 11.8 Å². The number of nitrogens with zero attached hydrogens (tertiary/aromatic N) is 1. The number of rotatable bonds is 5. The van der Waals surface area contributed by atoms with E-state index in [2.05, 4.69) is 27.5 Å². The highest BCUT2D eigenvalue weighted by Gasteiger charge is 2.22. The second kappa shape index (κ2) is 7.41. The first-order chi connectivity index (χ1) is 10.2. The third-order valence-corrected chi connectivity index (χ3v) is 2.95. The van der Waals surface area contributed by atoms with E-state index in [0.29, 0.717) is 17.2 Å². The third kappa shape index (κ3) is 4.89. The number of aromatic nitrogens is 1. The Labute approximate surface area is 123 Å². The van der Waals surface area contributed by atoms with Crippen molar-refractivity contribution in [1.29, 1.82) is 0 Å². The van der Waals surface area contributed by atoms with E-state index >= 15 is 0 Å². The van der Waals surface area contributed by atoms with Crippen LogP contribution in [0.4, 0.5) is 0 Å². The highest BCUT2D eigenvalue weighted by Crippen LogP contribution is 2.18. The molecule has 2 rings (SSSR count). The lowest BCUT2D eigenvalue weighted by atomic mass is 10.1.